The van der Waals surface area contributed by atoms with E-state index in [1.807, 2.05) is 18.2 Å². The predicted molar refractivity (Wildman–Crippen MR) is 64.8 cm³/mol. The summed E-state index contributed by atoms with van der Waals surface area (Å²) in [6.07, 6.45) is 0.174. The quantitative estimate of drug-likeness (QED) is 0.762. The van der Waals surface area contributed by atoms with Crippen LogP contribution in [0.1, 0.15) is 12.0 Å². The third-order valence-corrected chi connectivity index (χ3v) is 3.70. The van der Waals surface area contributed by atoms with Crippen molar-refractivity contribution in [3.63, 3.8) is 0 Å². The lowest BCUT2D eigenvalue weighted by atomic mass is 10.2. The molecule has 0 aromatic heterocycles. The van der Waals surface area contributed by atoms with Crippen molar-refractivity contribution in [3.8, 4) is 0 Å². The summed E-state index contributed by atoms with van der Waals surface area (Å²) in [6, 6.07) is 7.26. The van der Waals surface area contributed by atoms with Crippen LogP contribution in [0.2, 0.25) is 5.02 Å². The number of ether oxygens (including phenoxy) is 1. The molecule has 0 aliphatic heterocycles. The van der Waals surface area contributed by atoms with Crippen molar-refractivity contribution in [2.75, 3.05) is 12.9 Å². The van der Waals surface area contributed by atoms with Crippen molar-refractivity contribution in [3.05, 3.63) is 34.9 Å². The fourth-order valence-corrected chi connectivity index (χ4v) is 2.58. The molecule has 1 unspecified atom stereocenters. The molecule has 88 valence electrons. The van der Waals surface area contributed by atoms with Gasteiger partial charge in [0, 0.05) is 21.6 Å². The van der Waals surface area contributed by atoms with Gasteiger partial charge in [-0.25, -0.2) is 0 Å². The number of methoxy groups -OCH3 is 1. The van der Waals surface area contributed by atoms with Gasteiger partial charge >= 0.3 is 5.97 Å². The fourth-order valence-electron chi connectivity index (χ4n) is 1.16. The van der Waals surface area contributed by atoms with E-state index in [2.05, 4.69) is 4.74 Å². The average molecular weight is 261 g/mol. The summed E-state index contributed by atoms with van der Waals surface area (Å²) < 4.78 is 16.1. The maximum atomic E-state index is 11.6. The zero-order valence-electron chi connectivity index (χ0n) is 8.94. The lowest BCUT2D eigenvalue weighted by Crippen LogP contribution is -2.08. The van der Waals surface area contributed by atoms with Gasteiger partial charge in [0.25, 0.3) is 0 Å². The molecule has 0 heterocycles. The van der Waals surface area contributed by atoms with Gasteiger partial charge in [-0.05, 0) is 11.6 Å². The summed E-state index contributed by atoms with van der Waals surface area (Å²) >= 11 is 5.93. The van der Waals surface area contributed by atoms with Gasteiger partial charge in [0.1, 0.15) is 0 Å². The van der Waals surface area contributed by atoms with Crippen LogP contribution in [0.15, 0.2) is 24.3 Å². The van der Waals surface area contributed by atoms with E-state index in [0.29, 0.717) is 16.5 Å². The van der Waals surface area contributed by atoms with E-state index in [-0.39, 0.29) is 12.4 Å². The Labute approximate surface area is 102 Å². The number of benzene rings is 1. The van der Waals surface area contributed by atoms with Crippen molar-refractivity contribution in [1.82, 2.24) is 0 Å². The highest BCUT2D eigenvalue weighted by Crippen LogP contribution is 2.16. The molecule has 0 N–H and O–H groups in total. The van der Waals surface area contributed by atoms with Crippen molar-refractivity contribution >= 4 is 28.4 Å². The first-order chi connectivity index (χ1) is 7.63. The summed E-state index contributed by atoms with van der Waals surface area (Å²) in [5.41, 5.74) is 0.840. The zero-order valence-corrected chi connectivity index (χ0v) is 10.5. The number of halogens is 1. The molecular weight excluding hydrogens is 248 g/mol. The van der Waals surface area contributed by atoms with Gasteiger partial charge in [0.2, 0.25) is 0 Å². The van der Waals surface area contributed by atoms with Crippen LogP contribution in [0.5, 0.6) is 0 Å². The second kappa shape index (κ2) is 6.66. The second-order valence-electron chi connectivity index (χ2n) is 3.21. The Morgan fingerprint density at radius 1 is 1.44 bits per heavy atom. The Hall–Kier alpha value is -0.870. The van der Waals surface area contributed by atoms with Crippen LogP contribution in [0.4, 0.5) is 0 Å². The van der Waals surface area contributed by atoms with Gasteiger partial charge in [-0.1, -0.05) is 29.8 Å². The van der Waals surface area contributed by atoms with Crippen LogP contribution in [0.3, 0.4) is 0 Å². The van der Waals surface area contributed by atoms with Crippen molar-refractivity contribution in [2.24, 2.45) is 0 Å². The smallest absolute Gasteiger partial charge is 0.306 e. The average Bonchev–Trinajstić information content (AvgIpc) is 2.29. The third-order valence-electron chi connectivity index (χ3n) is 2.04. The van der Waals surface area contributed by atoms with Crippen LogP contribution in [-0.4, -0.2) is 23.0 Å². The van der Waals surface area contributed by atoms with Crippen LogP contribution in [0, 0.1) is 0 Å². The SMILES string of the molecule is COC(=O)CCS(=O)Cc1ccccc1Cl. The van der Waals surface area contributed by atoms with Gasteiger partial charge in [0.05, 0.1) is 19.3 Å². The lowest BCUT2D eigenvalue weighted by molar-refractivity contribution is -0.140. The molecule has 0 spiro atoms. The second-order valence-corrected chi connectivity index (χ2v) is 5.19. The molecule has 0 saturated heterocycles. The molecule has 0 bridgehead atoms. The van der Waals surface area contributed by atoms with E-state index >= 15 is 0 Å². The van der Waals surface area contributed by atoms with Crippen LogP contribution in [-0.2, 0) is 26.1 Å². The van der Waals surface area contributed by atoms with Gasteiger partial charge in [-0.15, -0.1) is 0 Å². The molecule has 16 heavy (non-hydrogen) atoms. The Morgan fingerprint density at radius 3 is 2.75 bits per heavy atom. The summed E-state index contributed by atoms with van der Waals surface area (Å²) in [5, 5.41) is 0.605. The minimum atomic E-state index is -1.09. The minimum absolute atomic E-state index is 0.174. The Morgan fingerprint density at radius 2 is 2.12 bits per heavy atom. The molecule has 1 atom stereocenters. The Kier molecular flexibility index (Phi) is 5.49. The van der Waals surface area contributed by atoms with Gasteiger partial charge < -0.3 is 4.74 Å². The van der Waals surface area contributed by atoms with Crippen molar-refractivity contribution in [2.45, 2.75) is 12.2 Å². The lowest BCUT2D eigenvalue weighted by Gasteiger charge is -2.03. The van der Waals surface area contributed by atoms with E-state index in [1.54, 1.807) is 6.07 Å². The van der Waals surface area contributed by atoms with Gasteiger partial charge in [-0.3, -0.25) is 9.00 Å². The first-order valence-electron chi connectivity index (χ1n) is 4.78. The zero-order chi connectivity index (χ0) is 12.0. The Bertz CT molecular complexity index is 393. The Balaban J connectivity index is 2.46. The van der Waals surface area contributed by atoms with Gasteiger partial charge in [0.15, 0.2) is 0 Å². The molecule has 0 aliphatic rings. The molecule has 1 rings (SSSR count). The number of carbonyl (C=O) groups is 1. The summed E-state index contributed by atoms with van der Waals surface area (Å²) in [5.74, 6) is 0.335. The van der Waals surface area contributed by atoms with E-state index < -0.39 is 10.8 Å². The molecular formula is C11H13ClO3S. The highest BCUT2D eigenvalue weighted by atomic mass is 35.5. The third kappa shape index (κ3) is 4.33. The maximum absolute atomic E-state index is 11.6. The molecule has 5 heteroatoms. The molecule has 1 aromatic carbocycles. The molecule has 0 saturated carbocycles. The number of hydrogen-bond acceptors (Lipinski definition) is 3. The first kappa shape index (κ1) is 13.2. The first-order valence-corrected chi connectivity index (χ1v) is 6.65. The number of carbonyl (C=O) groups excluding carboxylic acids is 1. The molecule has 0 fully saturated rings. The number of rotatable bonds is 5. The summed E-state index contributed by atoms with van der Waals surface area (Å²) in [6.45, 7) is 0. The fraction of sp³-hybridized carbons (Fsp3) is 0.364. The molecule has 3 nitrogen and oxygen atoms in total. The molecule has 1 aromatic rings. The van der Waals surface area contributed by atoms with Crippen LogP contribution in [0.25, 0.3) is 0 Å². The molecule has 0 aliphatic carbocycles. The number of hydrogen-bond donors (Lipinski definition) is 0. The summed E-state index contributed by atoms with van der Waals surface area (Å²) in [7, 11) is 0.230. The monoisotopic (exact) mass is 260 g/mol. The van der Waals surface area contributed by atoms with Gasteiger partial charge in [-0.2, -0.15) is 0 Å². The summed E-state index contributed by atoms with van der Waals surface area (Å²) in [4.78, 5) is 10.9. The topological polar surface area (TPSA) is 43.4 Å². The molecule has 0 radical (unpaired) electrons. The van der Waals surface area contributed by atoms with Crippen molar-refractivity contribution in [1.29, 1.82) is 0 Å². The van der Waals surface area contributed by atoms with E-state index in [4.69, 9.17) is 11.6 Å². The van der Waals surface area contributed by atoms with Crippen LogP contribution < -0.4 is 0 Å². The highest BCUT2D eigenvalue weighted by molar-refractivity contribution is 7.84. The number of esters is 1. The normalized spacial score (nSPS) is 12.1. The minimum Gasteiger partial charge on any atom is -0.469 e. The predicted octanol–water partition coefficient (Wildman–Crippen LogP) is 2.15. The van der Waals surface area contributed by atoms with E-state index in [9.17, 15) is 9.00 Å². The molecule has 0 amide bonds. The largest absolute Gasteiger partial charge is 0.469 e. The highest BCUT2D eigenvalue weighted by Gasteiger charge is 2.08. The van der Waals surface area contributed by atoms with E-state index in [1.165, 1.54) is 7.11 Å². The van der Waals surface area contributed by atoms with Crippen molar-refractivity contribution < 1.29 is 13.7 Å². The van der Waals surface area contributed by atoms with E-state index in [0.717, 1.165) is 5.56 Å². The standard InChI is InChI=1S/C11H13ClO3S/c1-15-11(13)6-7-16(14)8-9-4-2-3-5-10(9)12/h2-5H,6-8H2,1H3. The maximum Gasteiger partial charge on any atom is 0.306 e. The van der Waals surface area contributed by atoms with Crippen LogP contribution >= 0.6 is 11.6 Å².